The Kier molecular flexibility index (Phi) is 2.42. The summed E-state index contributed by atoms with van der Waals surface area (Å²) in [4.78, 5) is 8.88. The van der Waals surface area contributed by atoms with E-state index in [1.54, 1.807) is 6.20 Å². The molecule has 0 spiro atoms. The van der Waals surface area contributed by atoms with Crippen LogP contribution >= 0.6 is 0 Å². The summed E-state index contributed by atoms with van der Waals surface area (Å²) in [7, 11) is 0. The molecule has 0 aliphatic heterocycles. The van der Waals surface area contributed by atoms with Crippen LogP contribution in [0.1, 0.15) is 51.0 Å². The normalized spacial score (nSPS) is 11.9. The molecular weight excluding hydrogens is 188 g/mol. The molecule has 0 amide bonds. The van der Waals surface area contributed by atoms with Crippen LogP contribution in [-0.2, 0) is 0 Å². The zero-order chi connectivity index (χ0) is 11.0. The first-order chi connectivity index (χ1) is 7.09. The number of aromatic nitrogens is 4. The van der Waals surface area contributed by atoms with E-state index in [0.717, 1.165) is 17.2 Å². The second kappa shape index (κ2) is 3.61. The summed E-state index contributed by atoms with van der Waals surface area (Å²) >= 11 is 0. The highest BCUT2D eigenvalue weighted by atomic mass is 15.3. The molecule has 4 nitrogen and oxygen atoms in total. The molecule has 0 aromatic carbocycles. The van der Waals surface area contributed by atoms with E-state index < -0.39 is 0 Å². The van der Waals surface area contributed by atoms with Crippen LogP contribution in [0.4, 0.5) is 0 Å². The Morgan fingerprint density at radius 3 is 2.47 bits per heavy atom. The second-order valence-corrected chi connectivity index (χ2v) is 4.36. The lowest BCUT2D eigenvalue weighted by atomic mass is 10.1. The van der Waals surface area contributed by atoms with Gasteiger partial charge in [0, 0.05) is 18.3 Å². The summed E-state index contributed by atoms with van der Waals surface area (Å²) in [6.45, 7) is 8.42. The Balaban J connectivity index is 2.64. The SMILES string of the molecule is CC(C)c1nc2c(C(C)C)nccn2n1. The van der Waals surface area contributed by atoms with E-state index in [4.69, 9.17) is 0 Å². The van der Waals surface area contributed by atoms with Gasteiger partial charge in [-0.15, -0.1) is 0 Å². The molecule has 4 heteroatoms. The topological polar surface area (TPSA) is 43.1 Å². The summed E-state index contributed by atoms with van der Waals surface area (Å²) in [6.07, 6.45) is 3.63. The van der Waals surface area contributed by atoms with E-state index in [9.17, 15) is 0 Å². The van der Waals surface area contributed by atoms with Gasteiger partial charge in [0.25, 0.3) is 0 Å². The fourth-order valence-electron chi connectivity index (χ4n) is 1.50. The van der Waals surface area contributed by atoms with E-state index in [-0.39, 0.29) is 0 Å². The lowest BCUT2D eigenvalue weighted by molar-refractivity contribution is 0.762. The van der Waals surface area contributed by atoms with Crippen LogP contribution in [0, 0.1) is 0 Å². The van der Waals surface area contributed by atoms with E-state index in [2.05, 4.69) is 42.8 Å². The number of fused-ring (bicyclic) bond motifs is 1. The highest BCUT2D eigenvalue weighted by Crippen LogP contribution is 2.18. The Morgan fingerprint density at radius 1 is 1.13 bits per heavy atom. The molecule has 2 heterocycles. The fraction of sp³-hybridized carbons (Fsp3) is 0.545. The van der Waals surface area contributed by atoms with Crippen molar-refractivity contribution < 1.29 is 0 Å². The monoisotopic (exact) mass is 204 g/mol. The molecule has 2 aromatic heterocycles. The standard InChI is InChI=1S/C11H16N4/c1-7(2)9-11-13-10(8(3)4)14-15(11)6-5-12-9/h5-8H,1-4H3. The quantitative estimate of drug-likeness (QED) is 0.754. The van der Waals surface area contributed by atoms with Gasteiger partial charge in [-0.25, -0.2) is 9.50 Å². The Hall–Kier alpha value is -1.45. The number of nitrogens with zero attached hydrogens (tertiary/aromatic N) is 4. The number of hydrogen-bond acceptors (Lipinski definition) is 3. The van der Waals surface area contributed by atoms with Crippen molar-refractivity contribution in [1.29, 1.82) is 0 Å². The minimum atomic E-state index is 0.352. The molecule has 2 rings (SSSR count). The predicted octanol–water partition coefficient (Wildman–Crippen LogP) is 2.37. The van der Waals surface area contributed by atoms with Gasteiger partial charge in [-0.05, 0) is 5.92 Å². The first-order valence-corrected chi connectivity index (χ1v) is 5.30. The zero-order valence-corrected chi connectivity index (χ0v) is 9.60. The Bertz CT molecular complexity index is 470. The molecule has 0 aliphatic rings. The van der Waals surface area contributed by atoms with Crippen molar-refractivity contribution in [2.24, 2.45) is 0 Å². The van der Waals surface area contributed by atoms with E-state index in [0.29, 0.717) is 11.8 Å². The van der Waals surface area contributed by atoms with Crippen LogP contribution in [0.3, 0.4) is 0 Å². The van der Waals surface area contributed by atoms with Gasteiger partial charge in [0.15, 0.2) is 11.5 Å². The lowest BCUT2D eigenvalue weighted by Gasteiger charge is -2.03. The maximum Gasteiger partial charge on any atom is 0.177 e. The minimum Gasteiger partial charge on any atom is -0.255 e. The van der Waals surface area contributed by atoms with Crippen LogP contribution < -0.4 is 0 Å². The van der Waals surface area contributed by atoms with Gasteiger partial charge >= 0.3 is 0 Å². The lowest BCUT2D eigenvalue weighted by Crippen LogP contribution is -1.98. The molecule has 0 bridgehead atoms. The summed E-state index contributed by atoms with van der Waals surface area (Å²) in [5.41, 5.74) is 1.90. The predicted molar refractivity (Wildman–Crippen MR) is 59.0 cm³/mol. The molecule has 2 aromatic rings. The molecule has 0 saturated carbocycles. The van der Waals surface area contributed by atoms with Crippen molar-refractivity contribution in [3.8, 4) is 0 Å². The van der Waals surface area contributed by atoms with Crippen molar-refractivity contribution in [2.45, 2.75) is 39.5 Å². The average Bonchev–Trinajstić information content (AvgIpc) is 2.60. The first kappa shape index (κ1) is 10.1. The van der Waals surface area contributed by atoms with Crippen LogP contribution in [0.15, 0.2) is 12.4 Å². The van der Waals surface area contributed by atoms with Gasteiger partial charge in [-0.1, -0.05) is 27.7 Å². The number of hydrogen-bond donors (Lipinski definition) is 0. The van der Waals surface area contributed by atoms with Crippen LogP contribution in [0.25, 0.3) is 5.65 Å². The Labute approximate surface area is 89.4 Å². The minimum absolute atomic E-state index is 0.352. The molecule has 0 saturated heterocycles. The fourth-order valence-corrected chi connectivity index (χ4v) is 1.50. The van der Waals surface area contributed by atoms with Gasteiger partial charge in [0.1, 0.15) is 0 Å². The molecular formula is C11H16N4. The third kappa shape index (κ3) is 1.71. The molecule has 0 unspecified atom stereocenters. The van der Waals surface area contributed by atoms with Crippen LogP contribution in [0.2, 0.25) is 0 Å². The van der Waals surface area contributed by atoms with Crippen molar-refractivity contribution in [1.82, 2.24) is 19.6 Å². The van der Waals surface area contributed by atoms with Gasteiger partial charge in [0.2, 0.25) is 0 Å². The Morgan fingerprint density at radius 2 is 1.87 bits per heavy atom. The third-order valence-corrected chi connectivity index (χ3v) is 2.36. The smallest absolute Gasteiger partial charge is 0.177 e. The highest BCUT2D eigenvalue weighted by Gasteiger charge is 2.13. The molecule has 0 aliphatic carbocycles. The third-order valence-electron chi connectivity index (χ3n) is 2.36. The maximum atomic E-state index is 4.52. The highest BCUT2D eigenvalue weighted by molar-refractivity contribution is 5.44. The van der Waals surface area contributed by atoms with Crippen molar-refractivity contribution in [2.75, 3.05) is 0 Å². The van der Waals surface area contributed by atoms with E-state index in [1.165, 1.54) is 0 Å². The van der Waals surface area contributed by atoms with Gasteiger partial charge < -0.3 is 0 Å². The van der Waals surface area contributed by atoms with Gasteiger partial charge in [0.05, 0.1) is 5.69 Å². The maximum absolute atomic E-state index is 4.52. The molecule has 80 valence electrons. The largest absolute Gasteiger partial charge is 0.255 e. The van der Waals surface area contributed by atoms with Gasteiger partial charge in [-0.2, -0.15) is 5.10 Å². The molecule has 0 atom stereocenters. The van der Waals surface area contributed by atoms with Crippen LogP contribution in [0.5, 0.6) is 0 Å². The number of rotatable bonds is 2. The van der Waals surface area contributed by atoms with Crippen molar-refractivity contribution in [3.05, 3.63) is 23.9 Å². The summed E-state index contributed by atoms with van der Waals surface area (Å²) in [6, 6.07) is 0. The molecule has 0 fully saturated rings. The van der Waals surface area contributed by atoms with E-state index in [1.807, 2.05) is 10.7 Å². The average molecular weight is 204 g/mol. The second-order valence-electron chi connectivity index (χ2n) is 4.36. The molecule has 0 radical (unpaired) electrons. The summed E-state index contributed by atoms with van der Waals surface area (Å²) in [5, 5.41) is 4.42. The van der Waals surface area contributed by atoms with E-state index >= 15 is 0 Å². The zero-order valence-electron chi connectivity index (χ0n) is 9.60. The first-order valence-electron chi connectivity index (χ1n) is 5.30. The molecule has 0 N–H and O–H groups in total. The van der Waals surface area contributed by atoms with Gasteiger partial charge in [-0.3, -0.25) is 4.98 Å². The summed E-state index contributed by atoms with van der Waals surface area (Å²) in [5.74, 6) is 1.60. The summed E-state index contributed by atoms with van der Waals surface area (Å²) < 4.78 is 1.82. The van der Waals surface area contributed by atoms with Crippen molar-refractivity contribution in [3.63, 3.8) is 0 Å². The molecule has 15 heavy (non-hydrogen) atoms. The van der Waals surface area contributed by atoms with Crippen molar-refractivity contribution >= 4 is 5.65 Å². The van der Waals surface area contributed by atoms with Crippen LogP contribution in [-0.4, -0.2) is 19.6 Å².